The largest absolute Gasteiger partial charge is 0.507 e. The fourth-order valence-electron chi connectivity index (χ4n) is 3.67. The van der Waals surface area contributed by atoms with Crippen LogP contribution < -0.4 is 14.9 Å². The Labute approximate surface area is 197 Å². The fourth-order valence-corrected chi connectivity index (χ4v) is 3.67. The lowest BCUT2D eigenvalue weighted by molar-refractivity contribution is 0.301. The van der Waals surface area contributed by atoms with Crippen molar-refractivity contribution in [2.24, 2.45) is 0 Å². The highest BCUT2D eigenvalue weighted by Crippen LogP contribution is 2.39. The maximum atomic E-state index is 13.1. The van der Waals surface area contributed by atoms with Crippen LogP contribution in [-0.2, 0) is 13.0 Å². The zero-order chi connectivity index (χ0) is 24.2. The quantitative estimate of drug-likeness (QED) is 0.332. The minimum absolute atomic E-state index is 0.0122. The molecule has 4 aromatic rings. The number of phenols is 1. The number of aromatic hydroxyl groups is 2. The first-order chi connectivity index (χ1) is 16.4. The lowest BCUT2D eigenvalue weighted by Crippen LogP contribution is -2.06. The number of hydrogen-bond acceptors (Lipinski definition) is 6. The molecule has 3 aromatic carbocycles. The molecule has 174 valence electrons. The number of methoxy groups -OCH3 is 1. The van der Waals surface area contributed by atoms with Crippen molar-refractivity contribution in [2.45, 2.75) is 26.9 Å². The molecule has 0 unspecified atom stereocenters. The topological polar surface area (TPSA) is 89.1 Å². The number of phenolic OH excluding ortho intramolecular Hbond substituents is 1. The Balaban J connectivity index is 1.91. The molecule has 6 heteroatoms. The van der Waals surface area contributed by atoms with E-state index in [1.807, 2.05) is 50.3 Å². The summed E-state index contributed by atoms with van der Waals surface area (Å²) in [5, 5.41) is 21.3. The third kappa shape index (κ3) is 4.62. The standard InChI is InChI=1S/C28H26O6/c1-17(2)9-14-21-23(33-16-18-7-5-4-6-8-18)15-22(29)24-25(30)26(31)27(34-28(21)24)19-10-12-20(32-3)13-11-19/h4-13,15,29,31H,14,16H2,1-3H3. The van der Waals surface area contributed by atoms with Crippen LogP contribution in [0.4, 0.5) is 0 Å². The molecule has 0 aliphatic heterocycles. The van der Waals surface area contributed by atoms with Crippen molar-refractivity contribution in [1.29, 1.82) is 0 Å². The molecule has 0 aliphatic rings. The number of benzene rings is 3. The van der Waals surface area contributed by atoms with Crippen LogP contribution >= 0.6 is 0 Å². The second kappa shape index (κ2) is 9.75. The van der Waals surface area contributed by atoms with E-state index >= 15 is 0 Å². The molecule has 1 aromatic heterocycles. The summed E-state index contributed by atoms with van der Waals surface area (Å²) < 4.78 is 17.4. The molecule has 0 saturated carbocycles. The Bertz CT molecular complexity index is 1400. The summed E-state index contributed by atoms with van der Waals surface area (Å²) in [6.45, 7) is 4.22. The summed E-state index contributed by atoms with van der Waals surface area (Å²) in [6.07, 6.45) is 2.40. The van der Waals surface area contributed by atoms with Gasteiger partial charge in [0.1, 0.15) is 34.8 Å². The van der Waals surface area contributed by atoms with Gasteiger partial charge in [-0.2, -0.15) is 0 Å². The normalized spacial score (nSPS) is 10.8. The molecule has 34 heavy (non-hydrogen) atoms. The average Bonchev–Trinajstić information content (AvgIpc) is 2.84. The van der Waals surface area contributed by atoms with Crippen molar-refractivity contribution >= 4 is 11.0 Å². The van der Waals surface area contributed by atoms with Crippen LogP contribution in [0, 0.1) is 0 Å². The molecule has 0 atom stereocenters. The van der Waals surface area contributed by atoms with Gasteiger partial charge in [-0.25, -0.2) is 0 Å². The first-order valence-electron chi connectivity index (χ1n) is 10.9. The molecule has 2 N–H and O–H groups in total. The zero-order valence-electron chi connectivity index (χ0n) is 19.3. The highest BCUT2D eigenvalue weighted by Gasteiger charge is 2.23. The molecule has 1 heterocycles. The summed E-state index contributed by atoms with van der Waals surface area (Å²) >= 11 is 0. The Morgan fingerprint density at radius 3 is 2.38 bits per heavy atom. The minimum Gasteiger partial charge on any atom is -0.507 e. The Hall–Kier alpha value is -4.19. The number of hydrogen-bond donors (Lipinski definition) is 2. The lowest BCUT2D eigenvalue weighted by atomic mass is 10.0. The van der Waals surface area contributed by atoms with E-state index in [1.54, 1.807) is 31.4 Å². The monoisotopic (exact) mass is 458 g/mol. The third-order valence-electron chi connectivity index (χ3n) is 5.49. The van der Waals surface area contributed by atoms with E-state index in [4.69, 9.17) is 13.9 Å². The van der Waals surface area contributed by atoms with Gasteiger partial charge < -0.3 is 24.1 Å². The van der Waals surface area contributed by atoms with Crippen molar-refractivity contribution in [3.63, 3.8) is 0 Å². The predicted molar refractivity (Wildman–Crippen MR) is 132 cm³/mol. The lowest BCUT2D eigenvalue weighted by Gasteiger charge is -2.15. The summed E-state index contributed by atoms with van der Waals surface area (Å²) in [5.74, 6) is 0.160. The maximum Gasteiger partial charge on any atom is 0.238 e. The molecule has 4 rings (SSSR count). The van der Waals surface area contributed by atoms with Crippen LogP contribution in [0.2, 0.25) is 0 Å². The van der Waals surface area contributed by atoms with E-state index in [0.717, 1.165) is 11.1 Å². The highest BCUT2D eigenvalue weighted by molar-refractivity contribution is 5.91. The molecular weight excluding hydrogens is 432 g/mol. The van der Waals surface area contributed by atoms with Crippen LogP contribution in [0.3, 0.4) is 0 Å². The number of fused-ring (bicyclic) bond motifs is 1. The molecule has 0 bridgehead atoms. The molecule has 0 spiro atoms. The van der Waals surface area contributed by atoms with Crippen molar-refractivity contribution in [3.8, 4) is 34.3 Å². The van der Waals surface area contributed by atoms with Gasteiger partial charge in [0.15, 0.2) is 5.76 Å². The van der Waals surface area contributed by atoms with Gasteiger partial charge in [-0.1, -0.05) is 42.0 Å². The number of rotatable bonds is 7. The molecule has 0 fully saturated rings. The smallest absolute Gasteiger partial charge is 0.238 e. The maximum absolute atomic E-state index is 13.1. The van der Waals surface area contributed by atoms with Gasteiger partial charge in [-0.05, 0) is 50.1 Å². The van der Waals surface area contributed by atoms with E-state index < -0.39 is 11.2 Å². The molecule has 0 amide bonds. The van der Waals surface area contributed by atoms with Gasteiger partial charge >= 0.3 is 0 Å². The van der Waals surface area contributed by atoms with Crippen LogP contribution in [-0.4, -0.2) is 17.3 Å². The summed E-state index contributed by atoms with van der Waals surface area (Å²) in [7, 11) is 1.55. The SMILES string of the molecule is COc1ccc(-c2oc3c(CC=C(C)C)c(OCc4ccccc4)cc(O)c3c(=O)c2O)cc1. The summed E-state index contributed by atoms with van der Waals surface area (Å²) in [5.41, 5.74) is 2.61. The first-order valence-corrected chi connectivity index (χ1v) is 10.9. The minimum atomic E-state index is -0.711. The predicted octanol–water partition coefficient (Wildman–Crippen LogP) is 5.97. The van der Waals surface area contributed by atoms with E-state index in [1.165, 1.54) is 6.07 Å². The van der Waals surface area contributed by atoms with Gasteiger partial charge in [-0.15, -0.1) is 0 Å². The van der Waals surface area contributed by atoms with E-state index in [9.17, 15) is 15.0 Å². The van der Waals surface area contributed by atoms with Crippen LogP contribution in [0.5, 0.6) is 23.0 Å². The van der Waals surface area contributed by atoms with E-state index in [-0.39, 0.29) is 29.1 Å². The van der Waals surface area contributed by atoms with Gasteiger partial charge in [0, 0.05) is 17.2 Å². The third-order valence-corrected chi connectivity index (χ3v) is 5.49. The van der Waals surface area contributed by atoms with Gasteiger partial charge in [0.2, 0.25) is 11.2 Å². The van der Waals surface area contributed by atoms with Gasteiger partial charge in [0.05, 0.1) is 7.11 Å². The van der Waals surface area contributed by atoms with Crippen LogP contribution in [0.25, 0.3) is 22.3 Å². The molecule has 0 saturated heterocycles. The van der Waals surface area contributed by atoms with E-state index in [2.05, 4.69) is 0 Å². The molecule has 0 radical (unpaired) electrons. The Morgan fingerprint density at radius 1 is 1.03 bits per heavy atom. The summed E-state index contributed by atoms with van der Waals surface area (Å²) in [4.78, 5) is 13.1. The number of allylic oxidation sites excluding steroid dienone is 2. The molecule has 0 aliphatic carbocycles. The van der Waals surface area contributed by atoms with Crippen LogP contribution in [0.15, 0.2) is 81.5 Å². The summed E-state index contributed by atoms with van der Waals surface area (Å²) in [6, 6.07) is 17.8. The highest BCUT2D eigenvalue weighted by atomic mass is 16.5. The molecular formula is C28H26O6. The van der Waals surface area contributed by atoms with Gasteiger partial charge in [-0.3, -0.25) is 4.79 Å². The van der Waals surface area contributed by atoms with E-state index in [0.29, 0.717) is 29.0 Å². The van der Waals surface area contributed by atoms with Crippen molar-refractivity contribution in [2.75, 3.05) is 7.11 Å². The van der Waals surface area contributed by atoms with Crippen molar-refractivity contribution in [3.05, 3.63) is 93.7 Å². The van der Waals surface area contributed by atoms with Gasteiger partial charge in [0.25, 0.3) is 0 Å². The van der Waals surface area contributed by atoms with Crippen molar-refractivity contribution < 1.29 is 24.1 Å². The van der Waals surface area contributed by atoms with Crippen molar-refractivity contribution in [1.82, 2.24) is 0 Å². The molecule has 6 nitrogen and oxygen atoms in total. The first kappa shape index (κ1) is 23.0. The fraction of sp³-hybridized carbons (Fsp3) is 0.179. The number of ether oxygens (including phenoxy) is 2. The second-order valence-electron chi connectivity index (χ2n) is 8.17. The van der Waals surface area contributed by atoms with Crippen LogP contribution in [0.1, 0.15) is 25.0 Å². The second-order valence-corrected chi connectivity index (χ2v) is 8.17. The Morgan fingerprint density at radius 2 is 1.74 bits per heavy atom. The average molecular weight is 459 g/mol. The zero-order valence-corrected chi connectivity index (χ0v) is 19.3. The Kier molecular flexibility index (Phi) is 6.59.